The summed E-state index contributed by atoms with van der Waals surface area (Å²) < 4.78 is 0. The summed E-state index contributed by atoms with van der Waals surface area (Å²) in [5.74, 6) is 0.385. The fraction of sp³-hybridized carbons (Fsp3) is 0.429. The topological polar surface area (TPSA) is 59.0 Å². The molecule has 2 heterocycles. The third-order valence-electron chi connectivity index (χ3n) is 2.78. The Labute approximate surface area is 132 Å². The van der Waals surface area contributed by atoms with Gasteiger partial charge in [0.25, 0.3) is 0 Å². The molecule has 5 nitrogen and oxygen atoms in total. The van der Waals surface area contributed by atoms with Crippen molar-refractivity contribution in [2.75, 3.05) is 12.8 Å². The lowest BCUT2D eigenvalue weighted by atomic mass is 10.4. The van der Waals surface area contributed by atoms with E-state index in [9.17, 15) is 4.79 Å². The average molecular weight is 322 g/mol. The molecule has 0 saturated heterocycles. The van der Waals surface area contributed by atoms with Crippen LogP contribution < -0.4 is 0 Å². The third kappa shape index (κ3) is 4.78. The number of carbonyl (C=O) groups excluding carboxylic acids is 1. The summed E-state index contributed by atoms with van der Waals surface area (Å²) in [5, 5.41) is 3.65. The fourth-order valence-corrected chi connectivity index (χ4v) is 3.30. The molecule has 0 N–H and O–H groups in total. The van der Waals surface area contributed by atoms with Crippen molar-refractivity contribution in [2.45, 2.75) is 32.5 Å². The van der Waals surface area contributed by atoms with Crippen LogP contribution >= 0.6 is 23.1 Å². The molecule has 0 aliphatic rings. The van der Waals surface area contributed by atoms with Crippen molar-refractivity contribution in [3.05, 3.63) is 33.5 Å². The van der Waals surface area contributed by atoms with Crippen LogP contribution in [0, 0.1) is 20.8 Å². The Balaban J connectivity index is 1.88. The van der Waals surface area contributed by atoms with E-state index in [1.165, 1.54) is 11.8 Å². The highest BCUT2D eigenvalue weighted by Gasteiger charge is 2.12. The van der Waals surface area contributed by atoms with Gasteiger partial charge in [-0.05, 0) is 26.8 Å². The van der Waals surface area contributed by atoms with Gasteiger partial charge in [-0.15, -0.1) is 11.3 Å². The van der Waals surface area contributed by atoms with Crippen LogP contribution in [0.15, 0.2) is 16.6 Å². The zero-order valence-electron chi connectivity index (χ0n) is 12.6. The van der Waals surface area contributed by atoms with E-state index in [0.717, 1.165) is 22.1 Å². The Morgan fingerprint density at radius 2 is 1.90 bits per heavy atom. The van der Waals surface area contributed by atoms with E-state index in [1.807, 2.05) is 32.2 Å². The molecule has 0 aliphatic heterocycles. The summed E-state index contributed by atoms with van der Waals surface area (Å²) in [4.78, 5) is 26.8. The number of thioether (sulfide) groups is 1. The van der Waals surface area contributed by atoms with Crippen LogP contribution in [-0.4, -0.2) is 38.6 Å². The minimum absolute atomic E-state index is 0.0495. The highest BCUT2D eigenvalue weighted by molar-refractivity contribution is 7.99. The first kappa shape index (κ1) is 15.9. The minimum atomic E-state index is 0.0495. The third-order valence-corrected chi connectivity index (χ3v) is 4.43. The number of hydrogen-bond donors (Lipinski definition) is 0. The van der Waals surface area contributed by atoms with Gasteiger partial charge in [0.15, 0.2) is 5.16 Å². The Bertz CT molecular complexity index is 621. The zero-order chi connectivity index (χ0) is 15.4. The average Bonchev–Trinajstić information content (AvgIpc) is 2.80. The lowest BCUT2D eigenvalue weighted by Crippen LogP contribution is -2.28. The molecule has 7 heteroatoms. The molecule has 1 amide bonds. The van der Waals surface area contributed by atoms with Gasteiger partial charge < -0.3 is 4.90 Å². The summed E-state index contributed by atoms with van der Waals surface area (Å²) >= 11 is 2.97. The molecule has 0 fully saturated rings. The van der Waals surface area contributed by atoms with E-state index >= 15 is 0 Å². The zero-order valence-corrected chi connectivity index (χ0v) is 14.2. The monoisotopic (exact) mass is 322 g/mol. The van der Waals surface area contributed by atoms with Crippen molar-refractivity contribution in [3.8, 4) is 0 Å². The van der Waals surface area contributed by atoms with Crippen molar-refractivity contribution >= 4 is 29.0 Å². The van der Waals surface area contributed by atoms with E-state index < -0.39 is 0 Å². The Hall–Kier alpha value is -1.47. The predicted molar refractivity (Wildman–Crippen MR) is 85.6 cm³/mol. The first-order valence-electron chi connectivity index (χ1n) is 6.54. The van der Waals surface area contributed by atoms with Crippen LogP contribution in [0.25, 0.3) is 0 Å². The standard InChI is InChI=1S/C14H18N4OS2/c1-9-5-10(2)16-14(15-9)21-8-13(19)18(4)6-12-7-20-11(3)17-12/h5,7H,6,8H2,1-4H3. The van der Waals surface area contributed by atoms with Gasteiger partial charge in [-0.3, -0.25) is 4.79 Å². The molecule has 0 spiro atoms. The summed E-state index contributed by atoms with van der Waals surface area (Å²) in [5.41, 5.74) is 2.77. The summed E-state index contributed by atoms with van der Waals surface area (Å²) in [6.45, 7) is 6.36. The van der Waals surface area contributed by atoms with Crippen molar-refractivity contribution in [1.29, 1.82) is 0 Å². The maximum atomic E-state index is 12.1. The van der Waals surface area contributed by atoms with E-state index in [0.29, 0.717) is 17.5 Å². The molecule has 2 aromatic rings. The molecule has 0 bridgehead atoms. The number of aromatic nitrogens is 3. The van der Waals surface area contributed by atoms with Gasteiger partial charge in [0.05, 0.1) is 23.0 Å². The number of hydrogen-bond acceptors (Lipinski definition) is 6. The highest BCUT2D eigenvalue weighted by Crippen LogP contribution is 2.15. The summed E-state index contributed by atoms with van der Waals surface area (Å²) in [6, 6.07) is 1.92. The van der Waals surface area contributed by atoms with Gasteiger partial charge in [0.2, 0.25) is 5.91 Å². The first-order chi connectivity index (χ1) is 9.94. The van der Waals surface area contributed by atoms with E-state index in [4.69, 9.17) is 0 Å². The minimum Gasteiger partial charge on any atom is -0.339 e. The Kier molecular flexibility index (Phi) is 5.30. The maximum absolute atomic E-state index is 12.1. The lowest BCUT2D eigenvalue weighted by molar-refractivity contribution is -0.127. The Morgan fingerprint density at radius 3 is 2.48 bits per heavy atom. The number of aryl methyl sites for hydroxylation is 3. The number of carbonyl (C=O) groups is 1. The lowest BCUT2D eigenvalue weighted by Gasteiger charge is -2.15. The molecule has 0 radical (unpaired) electrons. The molecular weight excluding hydrogens is 304 g/mol. The van der Waals surface area contributed by atoms with Crippen LogP contribution in [0.3, 0.4) is 0 Å². The number of thiazole rings is 1. The molecule has 2 aromatic heterocycles. The molecular formula is C14H18N4OS2. The van der Waals surface area contributed by atoms with Gasteiger partial charge in [0, 0.05) is 23.8 Å². The van der Waals surface area contributed by atoms with Crippen molar-refractivity contribution in [2.24, 2.45) is 0 Å². The highest BCUT2D eigenvalue weighted by atomic mass is 32.2. The van der Waals surface area contributed by atoms with Gasteiger partial charge in [-0.25, -0.2) is 15.0 Å². The molecule has 21 heavy (non-hydrogen) atoms. The van der Waals surface area contributed by atoms with Gasteiger partial charge in [-0.1, -0.05) is 11.8 Å². The van der Waals surface area contributed by atoms with Crippen LogP contribution in [-0.2, 0) is 11.3 Å². The van der Waals surface area contributed by atoms with Crippen LogP contribution in [0.2, 0.25) is 0 Å². The van der Waals surface area contributed by atoms with Crippen LogP contribution in [0.1, 0.15) is 22.1 Å². The molecule has 112 valence electrons. The van der Waals surface area contributed by atoms with E-state index in [1.54, 1.807) is 23.3 Å². The molecule has 0 aromatic carbocycles. The normalized spacial score (nSPS) is 10.7. The predicted octanol–water partition coefficient (Wildman–Crippen LogP) is 2.61. The second-order valence-corrected chi connectivity index (χ2v) is 6.83. The quantitative estimate of drug-likeness (QED) is 0.625. The fourth-order valence-electron chi connectivity index (χ4n) is 1.81. The summed E-state index contributed by atoms with van der Waals surface area (Å²) in [6.07, 6.45) is 0. The molecule has 0 atom stereocenters. The smallest absolute Gasteiger partial charge is 0.233 e. The first-order valence-corrected chi connectivity index (χ1v) is 8.40. The second-order valence-electron chi connectivity index (χ2n) is 4.83. The SMILES string of the molecule is Cc1cc(C)nc(SCC(=O)N(C)Cc2csc(C)n2)n1. The van der Waals surface area contributed by atoms with Crippen molar-refractivity contribution in [3.63, 3.8) is 0 Å². The second kappa shape index (κ2) is 7.00. The Morgan fingerprint density at radius 1 is 1.24 bits per heavy atom. The molecule has 0 unspecified atom stereocenters. The number of rotatable bonds is 5. The van der Waals surface area contributed by atoms with Crippen LogP contribution in [0.4, 0.5) is 0 Å². The molecule has 2 rings (SSSR count). The van der Waals surface area contributed by atoms with Crippen LogP contribution in [0.5, 0.6) is 0 Å². The van der Waals surface area contributed by atoms with E-state index in [-0.39, 0.29) is 5.91 Å². The maximum Gasteiger partial charge on any atom is 0.233 e. The van der Waals surface area contributed by atoms with Gasteiger partial charge in [0.1, 0.15) is 0 Å². The molecule has 0 saturated carbocycles. The summed E-state index contributed by atoms with van der Waals surface area (Å²) in [7, 11) is 1.79. The van der Waals surface area contributed by atoms with E-state index in [2.05, 4.69) is 15.0 Å². The molecule has 0 aliphatic carbocycles. The van der Waals surface area contributed by atoms with Crippen molar-refractivity contribution in [1.82, 2.24) is 19.9 Å². The number of amides is 1. The van der Waals surface area contributed by atoms with Gasteiger partial charge >= 0.3 is 0 Å². The largest absolute Gasteiger partial charge is 0.339 e. The van der Waals surface area contributed by atoms with Gasteiger partial charge in [-0.2, -0.15) is 0 Å². The van der Waals surface area contributed by atoms with Crippen molar-refractivity contribution < 1.29 is 4.79 Å². The number of nitrogens with zero attached hydrogens (tertiary/aromatic N) is 4.